The third-order valence-corrected chi connectivity index (χ3v) is 5.95. The molecule has 0 fully saturated rings. The first-order chi connectivity index (χ1) is 9.22. The third-order valence-electron chi connectivity index (χ3n) is 2.71. The lowest BCUT2D eigenvalue weighted by molar-refractivity contribution is 0.588. The maximum atomic E-state index is 4.31. The summed E-state index contributed by atoms with van der Waals surface area (Å²) in [7, 11) is 0. The summed E-state index contributed by atoms with van der Waals surface area (Å²) in [5.41, 5.74) is 0. The highest BCUT2D eigenvalue weighted by atomic mass is 32.1. The first kappa shape index (κ1) is 13.2. The van der Waals surface area contributed by atoms with Crippen molar-refractivity contribution >= 4 is 43.4 Å². The van der Waals surface area contributed by atoms with Crippen molar-refractivity contribution in [2.75, 3.05) is 6.54 Å². The Bertz CT molecular complexity index is 637. The smallest absolute Gasteiger partial charge is 0.157 e. The fourth-order valence-electron chi connectivity index (χ4n) is 1.79. The predicted molar refractivity (Wildman–Crippen MR) is 85.4 cm³/mol. The van der Waals surface area contributed by atoms with Crippen molar-refractivity contribution in [3.63, 3.8) is 0 Å². The molecule has 0 aromatic carbocycles. The van der Waals surface area contributed by atoms with Gasteiger partial charge >= 0.3 is 0 Å². The Labute approximate surface area is 124 Å². The van der Waals surface area contributed by atoms with E-state index in [1.165, 1.54) is 14.3 Å². The van der Waals surface area contributed by atoms with Gasteiger partial charge in [-0.25, -0.2) is 0 Å². The fourth-order valence-corrected chi connectivity index (χ4v) is 4.78. The van der Waals surface area contributed by atoms with E-state index < -0.39 is 0 Å². The molecule has 0 saturated heterocycles. The van der Waals surface area contributed by atoms with Crippen LogP contribution in [0.15, 0.2) is 17.5 Å². The minimum atomic E-state index is 0.525. The van der Waals surface area contributed by atoms with E-state index in [4.69, 9.17) is 0 Å². The van der Waals surface area contributed by atoms with Crippen molar-refractivity contribution in [2.24, 2.45) is 0 Å². The molecular weight excluding hydrogens is 294 g/mol. The minimum Gasteiger partial charge on any atom is -0.314 e. The quantitative estimate of drug-likeness (QED) is 0.773. The molecule has 0 aliphatic rings. The van der Waals surface area contributed by atoms with Gasteiger partial charge in [-0.3, -0.25) is 0 Å². The van der Waals surface area contributed by atoms with Crippen LogP contribution in [-0.4, -0.2) is 22.8 Å². The SMILES string of the molecule is CC(C)NCCc1nnc(-c2cc3sccc3s2)s1. The molecule has 100 valence electrons. The molecule has 1 N–H and O–H groups in total. The zero-order valence-electron chi connectivity index (χ0n) is 10.8. The van der Waals surface area contributed by atoms with Gasteiger partial charge in [0.05, 0.1) is 4.88 Å². The molecule has 0 aliphatic heterocycles. The van der Waals surface area contributed by atoms with Crippen molar-refractivity contribution in [2.45, 2.75) is 26.3 Å². The molecule has 3 nitrogen and oxygen atoms in total. The standard InChI is InChI=1S/C13H15N3S3/c1-8(2)14-5-3-12-15-16-13(19-12)11-7-10-9(18-11)4-6-17-10/h4,6-8,14H,3,5H2,1-2H3. The van der Waals surface area contributed by atoms with Gasteiger partial charge in [0.2, 0.25) is 0 Å². The van der Waals surface area contributed by atoms with Crippen LogP contribution in [0, 0.1) is 0 Å². The Morgan fingerprint density at radius 3 is 2.89 bits per heavy atom. The highest BCUT2D eigenvalue weighted by Crippen LogP contribution is 2.37. The Morgan fingerprint density at radius 1 is 1.21 bits per heavy atom. The lowest BCUT2D eigenvalue weighted by Gasteiger charge is -2.04. The van der Waals surface area contributed by atoms with Crippen LogP contribution in [-0.2, 0) is 6.42 Å². The largest absolute Gasteiger partial charge is 0.314 e. The van der Waals surface area contributed by atoms with E-state index in [1.807, 2.05) is 0 Å². The van der Waals surface area contributed by atoms with E-state index >= 15 is 0 Å². The number of hydrogen-bond acceptors (Lipinski definition) is 6. The molecule has 0 amide bonds. The van der Waals surface area contributed by atoms with Gasteiger partial charge in [-0.2, -0.15) is 0 Å². The molecule has 0 atom stereocenters. The molecule has 3 aromatic heterocycles. The predicted octanol–water partition coefficient (Wildman–Crippen LogP) is 4.02. The zero-order valence-corrected chi connectivity index (χ0v) is 13.3. The van der Waals surface area contributed by atoms with Gasteiger partial charge in [-0.05, 0) is 17.5 Å². The second kappa shape index (κ2) is 5.66. The lowest BCUT2D eigenvalue weighted by atomic mass is 10.3. The molecule has 0 saturated carbocycles. The first-order valence-electron chi connectivity index (χ1n) is 6.25. The van der Waals surface area contributed by atoms with Crippen LogP contribution in [0.25, 0.3) is 19.3 Å². The number of hydrogen-bond donors (Lipinski definition) is 1. The molecule has 19 heavy (non-hydrogen) atoms. The number of nitrogens with one attached hydrogen (secondary N) is 1. The van der Waals surface area contributed by atoms with E-state index in [-0.39, 0.29) is 0 Å². The maximum Gasteiger partial charge on any atom is 0.157 e. The molecular formula is C13H15N3S3. The Hall–Kier alpha value is -0.820. The van der Waals surface area contributed by atoms with Gasteiger partial charge in [0, 0.05) is 28.4 Å². The molecule has 0 spiro atoms. The summed E-state index contributed by atoms with van der Waals surface area (Å²) in [5, 5.41) is 16.3. The van der Waals surface area contributed by atoms with E-state index in [1.54, 1.807) is 34.0 Å². The Balaban J connectivity index is 1.72. The molecule has 3 heterocycles. The van der Waals surface area contributed by atoms with Crippen LogP contribution in [0.2, 0.25) is 0 Å². The normalized spacial score (nSPS) is 11.7. The fraction of sp³-hybridized carbons (Fsp3) is 0.385. The van der Waals surface area contributed by atoms with Gasteiger partial charge in [-0.15, -0.1) is 32.9 Å². The molecule has 6 heteroatoms. The number of aromatic nitrogens is 2. The number of fused-ring (bicyclic) bond motifs is 1. The van der Waals surface area contributed by atoms with E-state index in [9.17, 15) is 0 Å². The number of thiophene rings is 2. The van der Waals surface area contributed by atoms with Gasteiger partial charge in [0.15, 0.2) is 5.01 Å². The van der Waals surface area contributed by atoms with Crippen LogP contribution in [0.1, 0.15) is 18.9 Å². The highest BCUT2D eigenvalue weighted by molar-refractivity contribution is 7.30. The van der Waals surface area contributed by atoms with E-state index in [2.05, 4.69) is 46.9 Å². The van der Waals surface area contributed by atoms with Gasteiger partial charge in [0.1, 0.15) is 5.01 Å². The van der Waals surface area contributed by atoms with Crippen LogP contribution in [0.4, 0.5) is 0 Å². The summed E-state index contributed by atoms with van der Waals surface area (Å²) in [6.45, 7) is 5.28. The number of rotatable bonds is 5. The summed E-state index contributed by atoms with van der Waals surface area (Å²) < 4.78 is 2.69. The minimum absolute atomic E-state index is 0.525. The van der Waals surface area contributed by atoms with Gasteiger partial charge < -0.3 is 5.32 Å². The van der Waals surface area contributed by atoms with E-state index in [0.29, 0.717) is 6.04 Å². The molecule has 0 aliphatic carbocycles. The van der Waals surface area contributed by atoms with Crippen LogP contribution in [0.5, 0.6) is 0 Å². The maximum absolute atomic E-state index is 4.31. The van der Waals surface area contributed by atoms with Gasteiger partial charge in [0.25, 0.3) is 0 Å². The van der Waals surface area contributed by atoms with Crippen molar-refractivity contribution in [1.82, 2.24) is 15.5 Å². The second-order valence-electron chi connectivity index (χ2n) is 4.62. The third kappa shape index (κ3) is 3.02. The topological polar surface area (TPSA) is 37.8 Å². The average molecular weight is 309 g/mol. The zero-order chi connectivity index (χ0) is 13.2. The van der Waals surface area contributed by atoms with Gasteiger partial charge in [-0.1, -0.05) is 25.2 Å². The average Bonchev–Trinajstić information content (AvgIpc) is 3.01. The van der Waals surface area contributed by atoms with Crippen LogP contribution in [0.3, 0.4) is 0 Å². The number of nitrogens with zero attached hydrogens (tertiary/aromatic N) is 2. The van der Waals surface area contributed by atoms with Crippen LogP contribution >= 0.6 is 34.0 Å². The van der Waals surface area contributed by atoms with Crippen molar-refractivity contribution < 1.29 is 0 Å². The van der Waals surface area contributed by atoms with Crippen molar-refractivity contribution in [1.29, 1.82) is 0 Å². The van der Waals surface area contributed by atoms with E-state index in [0.717, 1.165) is 23.0 Å². The summed E-state index contributed by atoms with van der Waals surface area (Å²) in [5.74, 6) is 0. The summed E-state index contributed by atoms with van der Waals surface area (Å²) in [4.78, 5) is 1.24. The van der Waals surface area contributed by atoms with Crippen molar-refractivity contribution in [3.05, 3.63) is 22.5 Å². The van der Waals surface area contributed by atoms with Crippen LogP contribution < -0.4 is 5.32 Å². The summed E-state index contributed by atoms with van der Waals surface area (Å²) in [6, 6.07) is 4.92. The molecule has 3 aromatic rings. The van der Waals surface area contributed by atoms with Crippen molar-refractivity contribution in [3.8, 4) is 9.88 Å². The molecule has 0 bridgehead atoms. The first-order valence-corrected chi connectivity index (χ1v) is 8.77. The Kier molecular flexibility index (Phi) is 3.93. The molecule has 0 radical (unpaired) electrons. The Morgan fingerprint density at radius 2 is 2.11 bits per heavy atom. The summed E-state index contributed by atoms with van der Waals surface area (Å²) in [6.07, 6.45) is 0.954. The summed E-state index contributed by atoms with van der Waals surface area (Å²) >= 11 is 5.29. The highest BCUT2D eigenvalue weighted by Gasteiger charge is 2.10. The molecule has 0 unspecified atom stereocenters. The lowest BCUT2D eigenvalue weighted by Crippen LogP contribution is -2.24. The second-order valence-corrected chi connectivity index (χ2v) is 7.71. The molecule has 3 rings (SSSR count). The monoisotopic (exact) mass is 309 g/mol.